The van der Waals surface area contributed by atoms with Gasteiger partial charge in [0.2, 0.25) is 0 Å². The summed E-state index contributed by atoms with van der Waals surface area (Å²) in [7, 11) is 0. The number of carbonyl (C=O) groups is 1. The predicted octanol–water partition coefficient (Wildman–Crippen LogP) is 2.30. The van der Waals surface area contributed by atoms with Crippen LogP contribution in [-0.2, 0) is 20.8 Å². The van der Waals surface area contributed by atoms with Crippen molar-refractivity contribution < 1.29 is 14.3 Å². The number of ether oxygens (including phenoxy) is 2. The molecule has 0 aromatic heterocycles. The maximum atomic E-state index is 12.7. The van der Waals surface area contributed by atoms with Crippen LogP contribution < -0.4 is 0 Å². The van der Waals surface area contributed by atoms with Gasteiger partial charge in [-0.1, -0.05) is 30.3 Å². The molecule has 0 radical (unpaired) electrons. The van der Waals surface area contributed by atoms with Crippen LogP contribution in [0, 0.1) is 0 Å². The fourth-order valence-electron chi connectivity index (χ4n) is 3.55. The molecule has 25 heavy (non-hydrogen) atoms. The quantitative estimate of drug-likeness (QED) is 0.793. The number of carbonyl (C=O) groups excluding carboxylic acids is 1. The molecule has 2 saturated heterocycles. The van der Waals surface area contributed by atoms with Gasteiger partial charge in [-0.05, 0) is 31.7 Å². The number of hydrogen-bond donors (Lipinski definition) is 0. The van der Waals surface area contributed by atoms with Gasteiger partial charge >= 0.3 is 0 Å². The highest BCUT2D eigenvalue weighted by Crippen LogP contribution is 2.14. The topological polar surface area (TPSA) is 42.0 Å². The highest BCUT2D eigenvalue weighted by atomic mass is 16.5. The molecule has 2 aliphatic heterocycles. The Hall–Kier alpha value is -1.43. The van der Waals surface area contributed by atoms with Gasteiger partial charge in [-0.3, -0.25) is 9.69 Å². The number of nitrogens with zero attached hydrogens (tertiary/aromatic N) is 2. The van der Waals surface area contributed by atoms with Crippen molar-refractivity contribution in [2.24, 2.45) is 0 Å². The fourth-order valence-corrected chi connectivity index (χ4v) is 3.55. The molecule has 5 heteroatoms. The third kappa shape index (κ3) is 5.53. The van der Waals surface area contributed by atoms with Crippen LogP contribution in [0.3, 0.4) is 0 Å². The summed E-state index contributed by atoms with van der Waals surface area (Å²) in [5, 5.41) is 0. The Morgan fingerprint density at radius 2 is 2.04 bits per heavy atom. The molecule has 1 aromatic carbocycles. The van der Waals surface area contributed by atoms with Crippen molar-refractivity contribution in [1.82, 2.24) is 9.80 Å². The summed E-state index contributed by atoms with van der Waals surface area (Å²) >= 11 is 0. The van der Waals surface area contributed by atoms with Crippen LogP contribution in [0.2, 0.25) is 0 Å². The number of amides is 1. The van der Waals surface area contributed by atoms with Crippen molar-refractivity contribution in [3.05, 3.63) is 35.9 Å². The molecule has 0 aliphatic carbocycles. The van der Waals surface area contributed by atoms with Crippen LogP contribution in [0.5, 0.6) is 0 Å². The first-order valence-electron chi connectivity index (χ1n) is 9.50. The molecule has 2 aliphatic rings. The molecule has 0 bridgehead atoms. The Labute approximate surface area is 150 Å². The first-order chi connectivity index (χ1) is 12.2. The molecule has 3 rings (SSSR count). The van der Waals surface area contributed by atoms with Gasteiger partial charge in [-0.2, -0.15) is 0 Å². The van der Waals surface area contributed by atoms with Gasteiger partial charge in [-0.25, -0.2) is 0 Å². The van der Waals surface area contributed by atoms with E-state index >= 15 is 0 Å². The molecule has 5 nitrogen and oxygen atoms in total. The molecule has 138 valence electrons. The van der Waals surface area contributed by atoms with E-state index in [0.29, 0.717) is 6.61 Å². The van der Waals surface area contributed by atoms with Crippen LogP contribution in [-0.4, -0.2) is 67.3 Å². The zero-order chi connectivity index (χ0) is 17.5. The van der Waals surface area contributed by atoms with Crippen molar-refractivity contribution in [1.29, 1.82) is 0 Å². The normalized spacial score (nSPS) is 23.4. The second kappa shape index (κ2) is 9.32. The van der Waals surface area contributed by atoms with Crippen LogP contribution in [0.4, 0.5) is 0 Å². The lowest BCUT2D eigenvalue weighted by Gasteiger charge is -2.25. The van der Waals surface area contributed by atoms with E-state index in [1.165, 1.54) is 5.56 Å². The van der Waals surface area contributed by atoms with Crippen molar-refractivity contribution in [3.63, 3.8) is 0 Å². The first-order valence-corrected chi connectivity index (χ1v) is 9.50. The molecule has 0 spiro atoms. The number of benzene rings is 1. The van der Waals surface area contributed by atoms with Gasteiger partial charge in [0.1, 0.15) is 6.10 Å². The van der Waals surface area contributed by atoms with Gasteiger partial charge in [-0.15, -0.1) is 0 Å². The van der Waals surface area contributed by atoms with Gasteiger partial charge < -0.3 is 14.4 Å². The first kappa shape index (κ1) is 18.4. The summed E-state index contributed by atoms with van der Waals surface area (Å²) in [6, 6.07) is 10.5. The average molecular weight is 346 g/mol. The summed E-state index contributed by atoms with van der Waals surface area (Å²) in [6.45, 7) is 7.71. The lowest BCUT2D eigenvalue weighted by Crippen LogP contribution is -2.42. The van der Waals surface area contributed by atoms with Crippen LogP contribution in [0.1, 0.15) is 31.7 Å². The van der Waals surface area contributed by atoms with Crippen LogP contribution in [0.15, 0.2) is 30.3 Å². The molecule has 1 aromatic rings. The Bertz CT molecular complexity index is 531. The molecule has 2 heterocycles. The molecule has 0 saturated carbocycles. The summed E-state index contributed by atoms with van der Waals surface area (Å²) < 4.78 is 11.3. The average Bonchev–Trinajstić information content (AvgIpc) is 3.06. The summed E-state index contributed by atoms with van der Waals surface area (Å²) in [5.74, 6) is 0.111. The minimum atomic E-state index is -0.384. The fraction of sp³-hybridized carbons (Fsp3) is 0.650. The van der Waals surface area contributed by atoms with Crippen LogP contribution in [0.25, 0.3) is 0 Å². The second-order valence-corrected chi connectivity index (χ2v) is 7.05. The van der Waals surface area contributed by atoms with Crippen molar-refractivity contribution in [2.45, 2.75) is 44.9 Å². The van der Waals surface area contributed by atoms with E-state index in [2.05, 4.69) is 29.2 Å². The number of rotatable bonds is 6. The van der Waals surface area contributed by atoms with Gasteiger partial charge in [0.05, 0.1) is 12.7 Å². The van der Waals surface area contributed by atoms with Crippen LogP contribution >= 0.6 is 0 Å². The van der Waals surface area contributed by atoms with Gasteiger partial charge in [0.25, 0.3) is 5.91 Å². The third-order valence-corrected chi connectivity index (χ3v) is 5.05. The smallest absolute Gasteiger partial charge is 0.251 e. The maximum absolute atomic E-state index is 12.7. The molecular formula is C20H30N2O3. The van der Waals surface area contributed by atoms with Gasteiger partial charge in [0, 0.05) is 39.3 Å². The minimum absolute atomic E-state index is 0.111. The minimum Gasteiger partial charge on any atom is -0.376 e. The zero-order valence-electron chi connectivity index (χ0n) is 15.2. The zero-order valence-corrected chi connectivity index (χ0v) is 15.2. The van der Waals surface area contributed by atoms with Crippen molar-refractivity contribution in [3.8, 4) is 0 Å². The molecular weight excluding hydrogens is 316 g/mol. The Kier molecular flexibility index (Phi) is 6.84. The van der Waals surface area contributed by atoms with E-state index in [0.717, 1.165) is 58.6 Å². The van der Waals surface area contributed by atoms with E-state index in [1.807, 2.05) is 17.9 Å². The van der Waals surface area contributed by atoms with Crippen molar-refractivity contribution in [2.75, 3.05) is 39.4 Å². The summed E-state index contributed by atoms with van der Waals surface area (Å²) in [5.41, 5.74) is 1.33. The third-order valence-electron chi connectivity index (χ3n) is 5.05. The molecule has 2 atom stereocenters. The molecule has 1 amide bonds. The molecule has 2 fully saturated rings. The van der Waals surface area contributed by atoms with E-state index in [9.17, 15) is 4.79 Å². The van der Waals surface area contributed by atoms with Crippen molar-refractivity contribution >= 4 is 5.91 Å². The molecule has 0 N–H and O–H groups in total. The largest absolute Gasteiger partial charge is 0.376 e. The van der Waals surface area contributed by atoms with Gasteiger partial charge in [0.15, 0.2) is 0 Å². The summed E-state index contributed by atoms with van der Waals surface area (Å²) in [4.78, 5) is 17.1. The Balaban J connectivity index is 1.44. The highest BCUT2D eigenvalue weighted by Gasteiger charge is 2.25. The lowest BCUT2D eigenvalue weighted by atomic mass is 10.2. The monoisotopic (exact) mass is 346 g/mol. The second-order valence-electron chi connectivity index (χ2n) is 7.05. The van der Waals surface area contributed by atoms with E-state index in [4.69, 9.17) is 9.47 Å². The SMILES string of the molecule is C[C@@H](OC[C@@H]1CCCO1)C(=O)N1CCCN(Cc2ccccc2)CC1. The Morgan fingerprint density at radius 3 is 2.80 bits per heavy atom. The molecule has 0 unspecified atom stereocenters. The number of hydrogen-bond acceptors (Lipinski definition) is 4. The van der Waals surface area contributed by atoms with E-state index in [1.54, 1.807) is 0 Å². The Morgan fingerprint density at radius 1 is 1.20 bits per heavy atom. The standard InChI is InChI=1S/C20H30N2O3/c1-17(25-16-19-9-5-14-24-19)20(23)22-11-6-10-21(12-13-22)15-18-7-3-2-4-8-18/h2-4,7-8,17,19H,5-6,9-16H2,1H3/t17-,19+/m1/s1. The summed E-state index contributed by atoms with van der Waals surface area (Å²) in [6.07, 6.45) is 2.93. The maximum Gasteiger partial charge on any atom is 0.251 e. The van der Waals surface area contributed by atoms with E-state index in [-0.39, 0.29) is 18.1 Å². The predicted molar refractivity (Wildman–Crippen MR) is 97.3 cm³/mol. The lowest BCUT2D eigenvalue weighted by molar-refractivity contribution is -0.144. The highest BCUT2D eigenvalue weighted by molar-refractivity contribution is 5.80. The van der Waals surface area contributed by atoms with E-state index < -0.39 is 0 Å².